The molecule has 1 aromatic carbocycles. The molecule has 0 radical (unpaired) electrons. The van der Waals surface area contributed by atoms with E-state index < -0.39 is 0 Å². The van der Waals surface area contributed by atoms with Crippen LogP contribution in [0.25, 0.3) is 17.0 Å². The Bertz CT molecular complexity index is 1290. The molecule has 0 unspecified atom stereocenters. The van der Waals surface area contributed by atoms with Crippen molar-refractivity contribution in [2.24, 2.45) is 0 Å². The largest absolute Gasteiger partial charge is 0.506 e. The highest BCUT2D eigenvalue weighted by molar-refractivity contribution is 6.09. The van der Waals surface area contributed by atoms with E-state index >= 15 is 0 Å². The van der Waals surface area contributed by atoms with E-state index in [1.165, 1.54) is 31.2 Å². The van der Waals surface area contributed by atoms with Crippen LogP contribution in [0.5, 0.6) is 0 Å². The van der Waals surface area contributed by atoms with Crippen LogP contribution < -0.4 is 10.9 Å². The fraction of sp³-hybridized carbons (Fsp3) is 0.357. The Hall–Kier alpha value is -3.58. The van der Waals surface area contributed by atoms with Gasteiger partial charge in [-0.2, -0.15) is 0 Å². The molecule has 3 N–H and O–H groups in total. The molecule has 2 heterocycles. The Kier molecular flexibility index (Phi) is 7.26. The van der Waals surface area contributed by atoms with Crippen LogP contribution >= 0.6 is 0 Å². The number of nitrogens with zero attached hydrogens (tertiary/aromatic N) is 3. The summed E-state index contributed by atoms with van der Waals surface area (Å²) < 4.78 is 1.74. The van der Waals surface area contributed by atoms with E-state index in [1.54, 1.807) is 23.0 Å². The van der Waals surface area contributed by atoms with Gasteiger partial charge in [0.2, 0.25) is 0 Å². The van der Waals surface area contributed by atoms with Crippen molar-refractivity contribution in [2.45, 2.75) is 64.6 Å². The Balaban J connectivity index is 1.51. The monoisotopic (exact) mass is 471 g/mol. The lowest BCUT2D eigenvalue weighted by atomic mass is 10.1. The summed E-state index contributed by atoms with van der Waals surface area (Å²) in [6.07, 6.45) is 10.4. The zero-order valence-corrected chi connectivity index (χ0v) is 20.6. The molecule has 7 nitrogen and oxygen atoms in total. The van der Waals surface area contributed by atoms with Crippen molar-refractivity contribution < 1.29 is 5.11 Å². The van der Waals surface area contributed by atoms with Crippen molar-refractivity contribution >= 4 is 11.5 Å². The van der Waals surface area contributed by atoms with E-state index in [0.29, 0.717) is 11.3 Å². The summed E-state index contributed by atoms with van der Waals surface area (Å²) in [5.41, 5.74) is 3.85. The first-order valence-electron chi connectivity index (χ1n) is 12.2. The Morgan fingerprint density at radius 3 is 2.54 bits per heavy atom. The Labute approximate surface area is 206 Å². The fourth-order valence-electron chi connectivity index (χ4n) is 4.03. The molecular weight excluding hydrogens is 438 g/mol. The quantitative estimate of drug-likeness (QED) is 0.276. The molecule has 4 rings (SSSR count). The van der Waals surface area contributed by atoms with Crippen LogP contribution in [0.4, 0.5) is 0 Å². The molecule has 3 aromatic rings. The predicted octanol–water partition coefficient (Wildman–Crippen LogP) is 5.28. The third-order valence-corrected chi connectivity index (χ3v) is 6.73. The number of aliphatic hydroxyl groups is 1. The van der Waals surface area contributed by atoms with E-state index in [1.807, 2.05) is 24.3 Å². The van der Waals surface area contributed by atoms with E-state index in [2.05, 4.69) is 36.1 Å². The van der Waals surface area contributed by atoms with Gasteiger partial charge in [0.25, 0.3) is 5.56 Å². The van der Waals surface area contributed by atoms with E-state index in [9.17, 15) is 9.90 Å². The molecule has 7 heteroatoms. The number of aliphatic hydroxyl groups excluding tert-OH is 1. The zero-order chi connectivity index (χ0) is 25.0. The average molecular weight is 472 g/mol. The van der Waals surface area contributed by atoms with Gasteiger partial charge in [0.1, 0.15) is 11.5 Å². The van der Waals surface area contributed by atoms with Gasteiger partial charge in [0.05, 0.1) is 23.8 Å². The first kappa shape index (κ1) is 24.5. The predicted molar refractivity (Wildman–Crippen MR) is 140 cm³/mol. The van der Waals surface area contributed by atoms with E-state index in [4.69, 9.17) is 5.41 Å². The second kappa shape index (κ2) is 10.4. The number of pyridine rings is 1. The van der Waals surface area contributed by atoms with Gasteiger partial charge < -0.3 is 20.4 Å². The minimum absolute atomic E-state index is 0.0497. The molecule has 182 valence electrons. The molecule has 0 atom stereocenters. The lowest BCUT2D eigenvalue weighted by Gasteiger charge is -2.17. The standard InChI is InChI=1S/C28H33N5O2/c1-4-22(5-2)33-18-21(10-11-27(33)35)24-16-30-17-25(32-24)26(34)14-23(29)20-8-6-19(7-9-20)15-31-28(3)12-13-28/h6-11,14,16-18,22,29,31,34H,4-5,12-13,15H2,1-3H3/b26-14-,29-23?. The Morgan fingerprint density at radius 1 is 1.17 bits per heavy atom. The molecule has 35 heavy (non-hydrogen) atoms. The van der Waals surface area contributed by atoms with Crippen LogP contribution in [0.2, 0.25) is 0 Å². The van der Waals surface area contributed by atoms with Crippen LogP contribution in [0, 0.1) is 5.41 Å². The number of hydrogen-bond donors (Lipinski definition) is 3. The molecule has 2 aromatic heterocycles. The summed E-state index contributed by atoms with van der Waals surface area (Å²) >= 11 is 0. The van der Waals surface area contributed by atoms with E-state index in [0.717, 1.165) is 30.5 Å². The first-order chi connectivity index (χ1) is 16.8. The van der Waals surface area contributed by atoms with Gasteiger partial charge in [-0.15, -0.1) is 0 Å². The van der Waals surface area contributed by atoms with Crippen LogP contribution in [-0.4, -0.2) is 30.9 Å². The van der Waals surface area contributed by atoms with Gasteiger partial charge in [0.15, 0.2) is 0 Å². The topological polar surface area (TPSA) is 104 Å². The summed E-state index contributed by atoms with van der Waals surface area (Å²) in [5.74, 6) is -0.134. The molecule has 1 fully saturated rings. The van der Waals surface area contributed by atoms with Crippen LogP contribution in [0.15, 0.2) is 65.9 Å². The van der Waals surface area contributed by atoms with Crippen LogP contribution in [-0.2, 0) is 6.54 Å². The molecular formula is C28H33N5O2. The minimum Gasteiger partial charge on any atom is -0.506 e. The molecule has 1 aliphatic rings. The number of benzene rings is 1. The first-order valence-corrected chi connectivity index (χ1v) is 12.2. The smallest absolute Gasteiger partial charge is 0.250 e. The van der Waals surface area contributed by atoms with Gasteiger partial charge >= 0.3 is 0 Å². The van der Waals surface area contributed by atoms with Crippen molar-refractivity contribution in [2.75, 3.05) is 0 Å². The highest BCUT2D eigenvalue weighted by Crippen LogP contribution is 2.34. The molecule has 0 spiro atoms. The van der Waals surface area contributed by atoms with E-state index in [-0.39, 0.29) is 34.3 Å². The number of nitrogens with one attached hydrogen (secondary N) is 2. The maximum atomic E-state index is 12.3. The molecule has 0 aliphatic heterocycles. The zero-order valence-electron chi connectivity index (χ0n) is 20.6. The second-order valence-electron chi connectivity index (χ2n) is 9.48. The van der Waals surface area contributed by atoms with Gasteiger partial charge in [-0.3, -0.25) is 9.78 Å². The van der Waals surface area contributed by atoms with Gasteiger partial charge in [-0.1, -0.05) is 38.1 Å². The lowest BCUT2D eigenvalue weighted by Crippen LogP contribution is -2.26. The number of aromatic nitrogens is 3. The van der Waals surface area contributed by atoms with Gasteiger partial charge in [0, 0.05) is 42.0 Å². The van der Waals surface area contributed by atoms with Crippen molar-refractivity contribution in [3.05, 3.63) is 88.2 Å². The number of allylic oxidation sites excluding steroid dienone is 1. The summed E-state index contributed by atoms with van der Waals surface area (Å²) in [5, 5.41) is 22.6. The van der Waals surface area contributed by atoms with Crippen LogP contribution in [0.1, 0.15) is 69.3 Å². The highest BCUT2D eigenvalue weighted by atomic mass is 16.3. The molecule has 1 aliphatic carbocycles. The third kappa shape index (κ3) is 5.92. The minimum atomic E-state index is -0.134. The Morgan fingerprint density at radius 2 is 1.89 bits per heavy atom. The SMILES string of the molecule is CCC(CC)n1cc(-c2cncc(/C(O)=C/C(=N)c3ccc(CNC4(C)CC4)cc3)n2)ccc1=O. The molecule has 1 saturated carbocycles. The third-order valence-electron chi connectivity index (χ3n) is 6.73. The van der Waals surface area contributed by atoms with Crippen LogP contribution in [0.3, 0.4) is 0 Å². The van der Waals surface area contributed by atoms with Crippen molar-refractivity contribution in [3.63, 3.8) is 0 Å². The fourth-order valence-corrected chi connectivity index (χ4v) is 4.03. The van der Waals surface area contributed by atoms with Gasteiger partial charge in [-0.05, 0) is 49.8 Å². The van der Waals surface area contributed by atoms with Gasteiger partial charge in [-0.25, -0.2) is 4.98 Å². The summed E-state index contributed by atoms with van der Waals surface area (Å²) in [6.45, 7) is 7.15. The average Bonchev–Trinajstić information content (AvgIpc) is 3.62. The molecule has 0 saturated heterocycles. The summed E-state index contributed by atoms with van der Waals surface area (Å²) in [7, 11) is 0. The highest BCUT2D eigenvalue weighted by Gasteiger charge is 2.36. The summed E-state index contributed by atoms with van der Waals surface area (Å²) in [4.78, 5) is 21.1. The number of rotatable bonds is 10. The van der Waals surface area contributed by atoms with Crippen molar-refractivity contribution in [3.8, 4) is 11.3 Å². The second-order valence-corrected chi connectivity index (χ2v) is 9.48. The maximum Gasteiger partial charge on any atom is 0.250 e. The summed E-state index contributed by atoms with van der Waals surface area (Å²) in [6, 6.07) is 11.2. The molecule has 0 amide bonds. The molecule has 0 bridgehead atoms. The number of hydrogen-bond acceptors (Lipinski definition) is 6. The maximum absolute atomic E-state index is 12.3. The lowest BCUT2D eigenvalue weighted by molar-refractivity contribution is 0.459. The van der Waals surface area contributed by atoms with Crippen molar-refractivity contribution in [1.29, 1.82) is 5.41 Å². The van der Waals surface area contributed by atoms with Crippen molar-refractivity contribution in [1.82, 2.24) is 19.9 Å². The normalized spacial score (nSPS) is 14.8.